The number of aromatic nitrogens is 1. The maximum atomic E-state index is 12.6. The van der Waals surface area contributed by atoms with E-state index in [1.807, 2.05) is 0 Å². The van der Waals surface area contributed by atoms with Gasteiger partial charge in [0.1, 0.15) is 0 Å². The minimum atomic E-state index is -3.66. The number of rotatable bonds is 3. The van der Waals surface area contributed by atoms with E-state index in [1.54, 1.807) is 42.5 Å². The van der Waals surface area contributed by atoms with Crippen LogP contribution in [0.3, 0.4) is 0 Å². The zero-order valence-electron chi connectivity index (χ0n) is 12.3. The fourth-order valence-corrected chi connectivity index (χ4v) is 3.44. The summed E-state index contributed by atoms with van der Waals surface area (Å²) in [5, 5.41) is 0.641. The van der Waals surface area contributed by atoms with E-state index >= 15 is 0 Å². The highest BCUT2D eigenvalue weighted by Gasteiger charge is 2.19. The number of carbonyl (C=O) groups excluding carboxylic acids is 1. The normalized spacial score (nSPS) is 11.3. The number of fused-ring (bicyclic) bond motifs is 1. The monoisotopic (exact) mass is 327 g/mol. The van der Waals surface area contributed by atoms with Gasteiger partial charge in [-0.05, 0) is 42.5 Å². The summed E-state index contributed by atoms with van der Waals surface area (Å²) in [5.41, 5.74) is 0.884. The maximum Gasteiger partial charge on any atom is 0.337 e. The van der Waals surface area contributed by atoms with Crippen LogP contribution in [0, 0.1) is 0 Å². The molecule has 23 heavy (non-hydrogen) atoms. The molecule has 3 aromatic rings. The lowest BCUT2D eigenvalue weighted by Crippen LogP contribution is -2.05. The Bertz CT molecular complexity index is 982. The topological polar surface area (TPSA) is 73.3 Å². The Morgan fingerprint density at radius 3 is 2.43 bits per heavy atom. The van der Waals surface area contributed by atoms with E-state index in [1.165, 1.54) is 25.3 Å². The highest BCUT2D eigenvalue weighted by atomic mass is 32.2. The Morgan fingerprint density at radius 2 is 1.74 bits per heavy atom. The molecule has 5 nitrogen and oxygen atoms in total. The zero-order valence-corrected chi connectivity index (χ0v) is 13.1. The van der Waals surface area contributed by atoms with Crippen molar-refractivity contribution in [2.75, 3.05) is 7.11 Å². The molecule has 0 spiro atoms. The molecule has 0 fully saturated rings. The summed E-state index contributed by atoms with van der Waals surface area (Å²) in [4.78, 5) is 15.9. The zero-order chi connectivity index (χ0) is 16.4. The SMILES string of the molecule is COC(=O)c1ccc2nc(S(=O)(=O)c3ccccc3)ccc2c1. The van der Waals surface area contributed by atoms with E-state index < -0.39 is 15.8 Å². The highest BCUT2D eigenvalue weighted by molar-refractivity contribution is 7.91. The van der Waals surface area contributed by atoms with Crippen molar-refractivity contribution in [1.82, 2.24) is 4.98 Å². The Morgan fingerprint density at radius 1 is 1.00 bits per heavy atom. The van der Waals surface area contributed by atoms with Gasteiger partial charge in [-0.2, -0.15) is 0 Å². The van der Waals surface area contributed by atoms with Crippen LogP contribution in [-0.2, 0) is 14.6 Å². The van der Waals surface area contributed by atoms with Crippen LogP contribution in [0.2, 0.25) is 0 Å². The summed E-state index contributed by atoms with van der Waals surface area (Å²) in [7, 11) is -2.36. The molecule has 0 saturated heterocycles. The highest BCUT2D eigenvalue weighted by Crippen LogP contribution is 2.22. The minimum Gasteiger partial charge on any atom is -0.465 e. The number of carbonyl (C=O) groups is 1. The lowest BCUT2D eigenvalue weighted by Gasteiger charge is -2.06. The van der Waals surface area contributed by atoms with Crippen molar-refractivity contribution in [3.05, 3.63) is 66.2 Å². The van der Waals surface area contributed by atoms with Crippen LogP contribution < -0.4 is 0 Å². The molecular weight excluding hydrogens is 314 g/mol. The average Bonchev–Trinajstić information content (AvgIpc) is 2.60. The molecule has 0 aliphatic rings. The summed E-state index contributed by atoms with van der Waals surface area (Å²) in [6.07, 6.45) is 0. The maximum absolute atomic E-state index is 12.6. The van der Waals surface area contributed by atoms with Crippen LogP contribution in [0.5, 0.6) is 0 Å². The molecule has 3 rings (SSSR count). The van der Waals surface area contributed by atoms with Gasteiger partial charge < -0.3 is 4.74 Å². The molecular formula is C17H13NO4S. The van der Waals surface area contributed by atoms with Crippen molar-refractivity contribution in [3.63, 3.8) is 0 Å². The number of esters is 1. The van der Waals surface area contributed by atoms with Crippen molar-refractivity contribution < 1.29 is 17.9 Å². The largest absolute Gasteiger partial charge is 0.465 e. The Balaban J connectivity index is 2.09. The van der Waals surface area contributed by atoms with Gasteiger partial charge in [-0.15, -0.1) is 0 Å². The third-order valence-corrected chi connectivity index (χ3v) is 5.08. The van der Waals surface area contributed by atoms with Crippen LogP contribution in [0.4, 0.5) is 0 Å². The number of nitrogens with zero attached hydrogens (tertiary/aromatic N) is 1. The lowest BCUT2D eigenvalue weighted by molar-refractivity contribution is 0.0601. The van der Waals surface area contributed by atoms with Gasteiger partial charge in [0.15, 0.2) is 5.03 Å². The van der Waals surface area contributed by atoms with Gasteiger partial charge >= 0.3 is 5.97 Å². The van der Waals surface area contributed by atoms with Crippen molar-refractivity contribution in [2.45, 2.75) is 9.92 Å². The first kappa shape index (κ1) is 15.2. The Hall–Kier alpha value is -2.73. The van der Waals surface area contributed by atoms with Crippen LogP contribution in [0.25, 0.3) is 10.9 Å². The number of pyridine rings is 1. The van der Waals surface area contributed by atoms with Gasteiger partial charge in [0.25, 0.3) is 0 Å². The molecule has 6 heteroatoms. The molecule has 2 aromatic carbocycles. The van der Waals surface area contributed by atoms with Gasteiger partial charge in [0.05, 0.1) is 23.1 Å². The van der Waals surface area contributed by atoms with E-state index in [2.05, 4.69) is 9.72 Å². The predicted octanol–water partition coefficient (Wildman–Crippen LogP) is 2.85. The van der Waals surface area contributed by atoms with Crippen LogP contribution in [0.1, 0.15) is 10.4 Å². The number of methoxy groups -OCH3 is 1. The standard InChI is InChI=1S/C17H13NO4S/c1-22-17(19)13-7-9-15-12(11-13)8-10-16(18-15)23(20,21)14-5-3-2-4-6-14/h2-11H,1H3. The van der Waals surface area contributed by atoms with Gasteiger partial charge in [-0.3, -0.25) is 0 Å². The molecule has 0 atom stereocenters. The lowest BCUT2D eigenvalue weighted by atomic mass is 10.1. The van der Waals surface area contributed by atoms with E-state index in [9.17, 15) is 13.2 Å². The molecule has 1 heterocycles. The molecule has 0 N–H and O–H groups in total. The first-order valence-electron chi connectivity index (χ1n) is 6.81. The van der Waals surface area contributed by atoms with Crippen molar-refractivity contribution in [1.29, 1.82) is 0 Å². The molecule has 0 saturated carbocycles. The second-order valence-electron chi connectivity index (χ2n) is 4.87. The molecule has 0 unspecified atom stereocenters. The third kappa shape index (κ3) is 2.80. The summed E-state index contributed by atoms with van der Waals surface area (Å²) in [5.74, 6) is -0.451. The first-order valence-corrected chi connectivity index (χ1v) is 8.30. The molecule has 0 aliphatic heterocycles. The molecule has 0 aliphatic carbocycles. The van der Waals surface area contributed by atoms with Gasteiger partial charge in [-0.25, -0.2) is 18.2 Å². The smallest absolute Gasteiger partial charge is 0.337 e. The minimum absolute atomic E-state index is 0.0259. The van der Waals surface area contributed by atoms with Gasteiger partial charge in [0, 0.05) is 5.39 Å². The van der Waals surface area contributed by atoms with Crippen LogP contribution in [0.15, 0.2) is 70.6 Å². The summed E-state index contributed by atoms with van der Waals surface area (Å²) >= 11 is 0. The first-order chi connectivity index (χ1) is 11.0. The number of ether oxygens (including phenoxy) is 1. The number of hydrogen-bond donors (Lipinski definition) is 0. The van der Waals surface area contributed by atoms with Crippen molar-refractivity contribution in [3.8, 4) is 0 Å². The fourth-order valence-electron chi connectivity index (χ4n) is 2.22. The third-order valence-electron chi connectivity index (χ3n) is 3.41. The number of sulfone groups is 1. The molecule has 1 aromatic heterocycles. The fraction of sp³-hybridized carbons (Fsp3) is 0.0588. The molecule has 0 radical (unpaired) electrons. The average molecular weight is 327 g/mol. The van der Waals surface area contributed by atoms with E-state index in [-0.39, 0.29) is 9.92 Å². The van der Waals surface area contributed by atoms with E-state index in [4.69, 9.17) is 0 Å². The summed E-state index contributed by atoms with van der Waals surface area (Å²) in [6, 6.07) is 16.0. The van der Waals surface area contributed by atoms with Gasteiger partial charge in [0.2, 0.25) is 9.84 Å². The molecule has 116 valence electrons. The van der Waals surface area contributed by atoms with Crippen molar-refractivity contribution >= 4 is 26.7 Å². The number of benzene rings is 2. The van der Waals surface area contributed by atoms with Gasteiger partial charge in [-0.1, -0.05) is 18.2 Å². The number of hydrogen-bond acceptors (Lipinski definition) is 5. The van der Waals surface area contributed by atoms with Crippen LogP contribution in [-0.4, -0.2) is 26.5 Å². The second-order valence-corrected chi connectivity index (χ2v) is 6.76. The second kappa shape index (κ2) is 5.81. The van der Waals surface area contributed by atoms with Crippen molar-refractivity contribution in [2.24, 2.45) is 0 Å². The van der Waals surface area contributed by atoms with E-state index in [0.29, 0.717) is 16.5 Å². The summed E-state index contributed by atoms with van der Waals surface area (Å²) < 4.78 is 29.8. The van der Waals surface area contributed by atoms with E-state index in [0.717, 1.165) is 0 Å². The van der Waals surface area contributed by atoms with Crippen LogP contribution >= 0.6 is 0 Å². The Labute approximate surface area is 133 Å². The Kier molecular flexibility index (Phi) is 3.83. The molecule has 0 bridgehead atoms. The predicted molar refractivity (Wildman–Crippen MR) is 85.0 cm³/mol. The molecule has 0 amide bonds. The summed E-state index contributed by atoms with van der Waals surface area (Å²) in [6.45, 7) is 0. The quantitative estimate of drug-likeness (QED) is 0.692.